The van der Waals surface area contributed by atoms with E-state index in [0.717, 1.165) is 18.5 Å². The number of benzene rings is 1. The number of nitrogens with zero attached hydrogens (tertiary/aromatic N) is 2. The molecule has 1 aromatic carbocycles. The molecule has 23 heavy (non-hydrogen) atoms. The highest BCUT2D eigenvalue weighted by Gasteiger charge is 2.45. The molecule has 4 rings (SSSR count). The Morgan fingerprint density at radius 3 is 2.43 bits per heavy atom. The third-order valence-corrected chi connectivity index (χ3v) is 5.36. The van der Waals surface area contributed by atoms with E-state index in [1.54, 1.807) is 17.0 Å². The van der Waals surface area contributed by atoms with Crippen molar-refractivity contribution in [1.82, 2.24) is 4.90 Å². The van der Waals surface area contributed by atoms with Crippen molar-refractivity contribution >= 4 is 29.1 Å². The number of ether oxygens (including phenoxy) is 1. The van der Waals surface area contributed by atoms with Crippen LogP contribution in [0.25, 0.3) is 0 Å². The van der Waals surface area contributed by atoms with E-state index in [1.807, 2.05) is 17.0 Å². The van der Waals surface area contributed by atoms with Gasteiger partial charge in [0.1, 0.15) is 0 Å². The highest BCUT2D eigenvalue weighted by molar-refractivity contribution is 6.30. The van der Waals surface area contributed by atoms with Gasteiger partial charge in [0.2, 0.25) is 11.8 Å². The number of rotatable bonds is 2. The average molecular weight is 335 g/mol. The highest BCUT2D eigenvalue weighted by atomic mass is 35.5. The first kappa shape index (κ1) is 15.0. The number of fused-ring (bicyclic) bond motifs is 2. The van der Waals surface area contributed by atoms with Crippen LogP contribution in [0.5, 0.6) is 0 Å². The third kappa shape index (κ3) is 2.62. The van der Waals surface area contributed by atoms with Crippen LogP contribution in [0.1, 0.15) is 19.3 Å². The van der Waals surface area contributed by atoms with E-state index < -0.39 is 0 Å². The smallest absolute Gasteiger partial charge is 0.228 e. The van der Waals surface area contributed by atoms with Crippen LogP contribution in [0.3, 0.4) is 0 Å². The highest BCUT2D eigenvalue weighted by Crippen LogP contribution is 2.33. The van der Waals surface area contributed by atoms with Crippen molar-refractivity contribution in [3.8, 4) is 0 Å². The zero-order valence-electron chi connectivity index (χ0n) is 12.8. The van der Waals surface area contributed by atoms with Crippen molar-refractivity contribution in [1.29, 1.82) is 0 Å². The Hall–Kier alpha value is -1.59. The minimum Gasteiger partial charge on any atom is -0.377 e. The van der Waals surface area contributed by atoms with Gasteiger partial charge in [-0.1, -0.05) is 11.6 Å². The Balaban J connectivity index is 1.50. The summed E-state index contributed by atoms with van der Waals surface area (Å²) >= 11 is 5.90. The molecule has 0 saturated carbocycles. The lowest BCUT2D eigenvalue weighted by Crippen LogP contribution is -2.51. The largest absolute Gasteiger partial charge is 0.377 e. The third-order valence-electron chi connectivity index (χ3n) is 5.11. The molecule has 3 aliphatic rings. The maximum Gasteiger partial charge on any atom is 0.228 e. The molecule has 2 amide bonds. The first-order valence-corrected chi connectivity index (χ1v) is 8.47. The van der Waals surface area contributed by atoms with Crippen molar-refractivity contribution in [2.45, 2.75) is 31.3 Å². The minimum absolute atomic E-state index is 0.00581. The van der Waals surface area contributed by atoms with Crippen molar-refractivity contribution in [2.24, 2.45) is 5.92 Å². The summed E-state index contributed by atoms with van der Waals surface area (Å²) in [6, 6.07) is 7.57. The first-order chi connectivity index (χ1) is 11.1. The maximum atomic E-state index is 12.9. The van der Waals surface area contributed by atoms with Crippen LogP contribution in [-0.4, -0.2) is 48.6 Å². The van der Waals surface area contributed by atoms with Gasteiger partial charge in [0.05, 0.1) is 31.2 Å². The summed E-state index contributed by atoms with van der Waals surface area (Å²) in [5.74, 6) is -0.128. The summed E-state index contributed by atoms with van der Waals surface area (Å²) in [5.41, 5.74) is 0.805. The number of morpholine rings is 1. The zero-order valence-corrected chi connectivity index (χ0v) is 13.5. The first-order valence-electron chi connectivity index (χ1n) is 8.09. The van der Waals surface area contributed by atoms with Gasteiger partial charge in [-0.25, -0.2) is 0 Å². The number of amides is 2. The van der Waals surface area contributed by atoms with Gasteiger partial charge in [0.25, 0.3) is 0 Å². The lowest BCUT2D eigenvalue weighted by Gasteiger charge is -2.36. The van der Waals surface area contributed by atoms with Crippen LogP contribution >= 0.6 is 11.6 Å². The molecule has 0 aliphatic carbocycles. The van der Waals surface area contributed by atoms with Gasteiger partial charge in [-0.05, 0) is 37.1 Å². The monoisotopic (exact) mass is 334 g/mol. The second-order valence-corrected chi connectivity index (χ2v) is 6.99. The van der Waals surface area contributed by atoms with Gasteiger partial charge in [-0.3, -0.25) is 9.59 Å². The predicted molar refractivity (Wildman–Crippen MR) is 86.4 cm³/mol. The molecule has 3 fully saturated rings. The second kappa shape index (κ2) is 5.80. The zero-order chi connectivity index (χ0) is 16.0. The van der Waals surface area contributed by atoms with Crippen LogP contribution < -0.4 is 4.90 Å². The van der Waals surface area contributed by atoms with E-state index in [9.17, 15) is 9.59 Å². The quantitative estimate of drug-likeness (QED) is 0.832. The number of hydrogen-bond acceptors (Lipinski definition) is 3. The summed E-state index contributed by atoms with van der Waals surface area (Å²) in [7, 11) is 0. The molecule has 0 aromatic heterocycles. The molecular formula is C17H19ClN2O3. The average Bonchev–Trinajstić information content (AvgIpc) is 3.05. The molecule has 0 N–H and O–H groups in total. The Bertz CT molecular complexity index is 617. The van der Waals surface area contributed by atoms with Gasteiger partial charge in [-0.2, -0.15) is 0 Å². The summed E-state index contributed by atoms with van der Waals surface area (Å²) in [6.07, 6.45) is 2.31. The van der Waals surface area contributed by atoms with Gasteiger partial charge in [0.15, 0.2) is 0 Å². The van der Waals surface area contributed by atoms with Crippen molar-refractivity contribution in [3.05, 3.63) is 29.3 Å². The van der Waals surface area contributed by atoms with Crippen molar-refractivity contribution in [2.75, 3.05) is 24.7 Å². The van der Waals surface area contributed by atoms with Crippen molar-refractivity contribution in [3.63, 3.8) is 0 Å². The maximum absolute atomic E-state index is 12.9. The van der Waals surface area contributed by atoms with Gasteiger partial charge < -0.3 is 14.5 Å². The summed E-state index contributed by atoms with van der Waals surface area (Å²) in [5, 5.41) is 0.637. The fourth-order valence-electron chi connectivity index (χ4n) is 3.94. The molecule has 122 valence electrons. The van der Waals surface area contributed by atoms with Crippen molar-refractivity contribution < 1.29 is 14.3 Å². The summed E-state index contributed by atoms with van der Waals surface area (Å²) in [6.45, 7) is 1.71. The van der Waals surface area contributed by atoms with E-state index in [4.69, 9.17) is 16.3 Å². The molecule has 2 bridgehead atoms. The van der Waals surface area contributed by atoms with Gasteiger partial charge in [-0.15, -0.1) is 0 Å². The number of halogens is 1. The Morgan fingerprint density at radius 1 is 1.13 bits per heavy atom. The fraction of sp³-hybridized carbons (Fsp3) is 0.529. The molecule has 3 atom stereocenters. The summed E-state index contributed by atoms with van der Waals surface area (Å²) < 4.78 is 5.54. The van der Waals surface area contributed by atoms with E-state index in [2.05, 4.69) is 0 Å². The molecule has 0 spiro atoms. The van der Waals surface area contributed by atoms with Crippen LogP contribution in [-0.2, 0) is 14.3 Å². The number of carbonyl (C=O) groups is 2. The predicted octanol–water partition coefficient (Wildman–Crippen LogP) is 2.08. The number of carbonyl (C=O) groups excluding carboxylic acids is 2. The van der Waals surface area contributed by atoms with Crippen LogP contribution in [0.4, 0.5) is 5.69 Å². The Morgan fingerprint density at radius 2 is 1.78 bits per heavy atom. The van der Waals surface area contributed by atoms with E-state index >= 15 is 0 Å². The van der Waals surface area contributed by atoms with E-state index in [-0.39, 0.29) is 36.2 Å². The second-order valence-electron chi connectivity index (χ2n) is 6.55. The molecule has 3 aliphatic heterocycles. The Labute approximate surface area is 140 Å². The molecule has 0 unspecified atom stereocenters. The molecule has 5 nitrogen and oxygen atoms in total. The minimum atomic E-state index is -0.251. The van der Waals surface area contributed by atoms with Crippen LogP contribution in [0.2, 0.25) is 5.02 Å². The van der Waals surface area contributed by atoms with Crippen LogP contribution in [0.15, 0.2) is 24.3 Å². The molecular weight excluding hydrogens is 316 g/mol. The van der Waals surface area contributed by atoms with Crippen LogP contribution in [0, 0.1) is 5.92 Å². The molecule has 0 radical (unpaired) electrons. The number of anilines is 1. The molecule has 3 saturated heterocycles. The van der Waals surface area contributed by atoms with Gasteiger partial charge in [0, 0.05) is 23.7 Å². The fourth-order valence-corrected chi connectivity index (χ4v) is 4.07. The molecule has 1 aromatic rings. The summed E-state index contributed by atoms with van der Waals surface area (Å²) in [4.78, 5) is 28.9. The lowest BCUT2D eigenvalue weighted by atomic mass is 10.1. The molecule has 6 heteroatoms. The van der Waals surface area contributed by atoms with Gasteiger partial charge >= 0.3 is 0 Å². The Kier molecular flexibility index (Phi) is 3.77. The topological polar surface area (TPSA) is 49.9 Å². The van der Waals surface area contributed by atoms with E-state index in [1.165, 1.54) is 0 Å². The normalized spacial score (nSPS) is 30.1. The standard InChI is InChI=1S/C17H19ClN2O3/c18-12-1-3-13(4-2-12)19-8-11(7-16(19)21)17(22)20-14-5-6-15(20)10-23-9-14/h1-4,11,14-15H,5-10H2/t11-,14+,15+/m0/s1. The lowest BCUT2D eigenvalue weighted by molar-refractivity contribution is -0.145. The number of hydrogen-bond donors (Lipinski definition) is 0. The van der Waals surface area contributed by atoms with E-state index in [0.29, 0.717) is 24.8 Å². The SMILES string of the molecule is O=C1C[C@H](C(=O)N2[C@@H]3CC[C@@H]2COC3)CN1c1ccc(Cl)cc1. The molecule has 3 heterocycles.